The molecular formula is C24H25BrN2O2. The van der Waals surface area contributed by atoms with Crippen molar-refractivity contribution in [2.24, 2.45) is 0 Å². The zero-order chi connectivity index (χ0) is 20.1. The minimum absolute atomic E-state index is 0.00870. The number of hydrogen-bond donors (Lipinski definition) is 1. The Kier molecular flexibility index (Phi) is 6.47. The maximum Gasteiger partial charge on any atom is 0.258 e. The Morgan fingerprint density at radius 2 is 1.69 bits per heavy atom. The SMILES string of the molecule is O=C(COc1ccc2ccccc2c1Br)NCc1ccccc1CN1CCCC1. The van der Waals surface area contributed by atoms with Crippen LogP contribution in [0.5, 0.6) is 5.75 Å². The lowest BCUT2D eigenvalue weighted by atomic mass is 10.1. The van der Waals surface area contributed by atoms with E-state index in [-0.39, 0.29) is 12.5 Å². The molecule has 1 fully saturated rings. The molecule has 5 heteroatoms. The van der Waals surface area contributed by atoms with Gasteiger partial charge >= 0.3 is 0 Å². The molecule has 1 amide bonds. The molecular weight excluding hydrogens is 428 g/mol. The van der Waals surface area contributed by atoms with Gasteiger partial charge in [0.2, 0.25) is 0 Å². The van der Waals surface area contributed by atoms with Crippen molar-refractivity contribution in [2.75, 3.05) is 19.7 Å². The normalized spacial score (nSPS) is 14.2. The lowest BCUT2D eigenvalue weighted by Gasteiger charge is -2.18. The largest absolute Gasteiger partial charge is 0.483 e. The first kappa shape index (κ1) is 19.9. The molecule has 0 aromatic heterocycles. The van der Waals surface area contributed by atoms with E-state index in [0.29, 0.717) is 12.3 Å². The Morgan fingerprint density at radius 3 is 2.52 bits per heavy atom. The summed E-state index contributed by atoms with van der Waals surface area (Å²) < 4.78 is 6.64. The first-order chi connectivity index (χ1) is 14.2. The lowest BCUT2D eigenvalue weighted by molar-refractivity contribution is -0.123. The lowest BCUT2D eigenvalue weighted by Crippen LogP contribution is -2.29. The van der Waals surface area contributed by atoms with Crippen molar-refractivity contribution in [1.82, 2.24) is 10.2 Å². The number of benzene rings is 3. The van der Waals surface area contributed by atoms with Gasteiger partial charge in [-0.05, 0) is 69.8 Å². The second-order valence-electron chi connectivity index (χ2n) is 7.42. The second kappa shape index (κ2) is 9.42. The van der Waals surface area contributed by atoms with Crippen molar-refractivity contribution in [1.29, 1.82) is 0 Å². The highest BCUT2D eigenvalue weighted by Crippen LogP contribution is 2.32. The quantitative estimate of drug-likeness (QED) is 0.554. The van der Waals surface area contributed by atoms with Gasteiger partial charge in [-0.3, -0.25) is 9.69 Å². The summed E-state index contributed by atoms with van der Waals surface area (Å²) in [4.78, 5) is 14.8. The van der Waals surface area contributed by atoms with Crippen molar-refractivity contribution < 1.29 is 9.53 Å². The Labute approximate surface area is 180 Å². The van der Waals surface area contributed by atoms with E-state index in [1.54, 1.807) is 0 Å². The van der Waals surface area contributed by atoms with Crippen molar-refractivity contribution in [3.05, 3.63) is 76.3 Å². The number of likely N-dealkylation sites (tertiary alicyclic amines) is 1. The van der Waals surface area contributed by atoms with Crippen molar-refractivity contribution in [3.8, 4) is 5.75 Å². The molecule has 150 valence electrons. The van der Waals surface area contributed by atoms with E-state index >= 15 is 0 Å². The van der Waals surface area contributed by atoms with Gasteiger partial charge in [0.05, 0.1) is 4.47 Å². The van der Waals surface area contributed by atoms with Crippen LogP contribution in [0.1, 0.15) is 24.0 Å². The second-order valence-corrected chi connectivity index (χ2v) is 8.21. The third-order valence-corrected chi connectivity index (χ3v) is 6.19. The highest BCUT2D eigenvalue weighted by molar-refractivity contribution is 9.10. The molecule has 0 radical (unpaired) electrons. The molecule has 1 aliphatic rings. The molecule has 1 aliphatic heterocycles. The average molecular weight is 453 g/mol. The number of hydrogen-bond acceptors (Lipinski definition) is 3. The van der Waals surface area contributed by atoms with Crippen LogP contribution in [0.15, 0.2) is 65.1 Å². The third kappa shape index (κ3) is 4.98. The summed E-state index contributed by atoms with van der Waals surface area (Å²) in [6.45, 7) is 3.78. The molecule has 1 heterocycles. The van der Waals surface area contributed by atoms with Crippen LogP contribution in [0, 0.1) is 0 Å². The van der Waals surface area contributed by atoms with Gasteiger partial charge in [-0.1, -0.05) is 54.6 Å². The van der Waals surface area contributed by atoms with E-state index in [2.05, 4.69) is 50.4 Å². The summed E-state index contributed by atoms with van der Waals surface area (Å²) in [5.41, 5.74) is 2.45. The number of carbonyl (C=O) groups excluding carboxylic acids is 1. The molecule has 0 aliphatic carbocycles. The van der Waals surface area contributed by atoms with E-state index in [4.69, 9.17) is 4.74 Å². The van der Waals surface area contributed by atoms with Crippen LogP contribution in [0.3, 0.4) is 0 Å². The molecule has 0 unspecified atom stereocenters. The van der Waals surface area contributed by atoms with Crippen LogP contribution in [0.4, 0.5) is 0 Å². The number of halogens is 1. The molecule has 0 spiro atoms. The number of rotatable bonds is 7. The number of amides is 1. The summed E-state index contributed by atoms with van der Waals surface area (Å²) in [7, 11) is 0. The van der Waals surface area contributed by atoms with Gasteiger partial charge in [0.25, 0.3) is 5.91 Å². The van der Waals surface area contributed by atoms with Crippen LogP contribution >= 0.6 is 15.9 Å². The first-order valence-corrected chi connectivity index (χ1v) is 10.9. The molecule has 4 rings (SSSR count). The number of carbonyl (C=O) groups is 1. The Balaban J connectivity index is 1.33. The molecule has 0 bridgehead atoms. The summed E-state index contributed by atoms with van der Waals surface area (Å²) in [6, 6.07) is 20.3. The molecule has 0 atom stereocenters. The first-order valence-electron chi connectivity index (χ1n) is 10.1. The third-order valence-electron chi connectivity index (χ3n) is 5.37. The molecule has 29 heavy (non-hydrogen) atoms. The van der Waals surface area contributed by atoms with Crippen molar-refractivity contribution >= 4 is 32.6 Å². The van der Waals surface area contributed by atoms with E-state index < -0.39 is 0 Å². The highest BCUT2D eigenvalue weighted by atomic mass is 79.9. The number of ether oxygens (including phenoxy) is 1. The van der Waals surface area contributed by atoms with E-state index in [9.17, 15) is 4.79 Å². The molecule has 1 N–H and O–H groups in total. The van der Waals surface area contributed by atoms with E-state index in [1.165, 1.54) is 24.0 Å². The topological polar surface area (TPSA) is 41.6 Å². The monoisotopic (exact) mass is 452 g/mol. The van der Waals surface area contributed by atoms with Crippen LogP contribution in [0.25, 0.3) is 10.8 Å². The fourth-order valence-electron chi connectivity index (χ4n) is 3.78. The number of fused-ring (bicyclic) bond motifs is 1. The Bertz CT molecular complexity index is 999. The number of nitrogens with zero attached hydrogens (tertiary/aromatic N) is 1. The van der Waals surface area contributed by atoms with Gasteiger partial charge in [-0.15, -0.1) is 0 Å². The molecule has 1 saturated heterocycles. The maximum atomic E-state index is 12.4. The average Bonchev–Trinajstić information content (AvgIpc) is 3.26. The smallest absolute Gasteiger partial charge is 0.258 e. The van der Waals surface area contributed by atoms with Crippen LogP contribution in [-0.2, 0) is 17.9 Å². The minimum Gasteiger partial charge on any atom is -0.483 e. The van der Waals surface area contributed by atoms with Crippen molar-refractivity contribution in [2.45, 2.75) is 25.9 Å². The van der Waals surface area contributed by atoms with Gasteiger partial charge in [0.15, 0.2) is 6.61 Å². The van der Waals surface area contributed by atoms with Gasteiger partial charge < -0.3 is 10.1 Å². The minimum atomic E-state index is -0.124. The summed E-state index contributed by atoms with van der Waals surface area (Å²) in [6.07, 6.45) is 2.56. The molecule has 3 aromatic rings. The van der Waals surface area contributed by atoms with Crippen LogP contribution < -0.4 is 10.1 Å². The van der Waals surface area contributed by atoms with Gasteiger partial charge in [0.1, 0.15) is 5.75 Å². The van der Waals surface area contributed by atoms with Crippen LogP contribution in [0.2, 0.25) is 0 Å². The standard InChI is InChI=1S/C24H25BrN2O2/c25-24-21-10-4-3-7-18(21)11-12-22(24)29-17-23(28)26-15-19-8-1-2-9-20(19)16-27-13-5-6-14-27/h1-4,7-12H,5-6,13-17H2,(H,26,28). The summed E-state index contributed by atoms with van der Waals surface area (Å²) >= 11 is 3.60. The Morgan fingerprint density at radius 1 is 0.966 bits per heavy atom. The van der Waals surface area contributed by atoms with E-state index in [0.717, 1.165) is 34.9 Å². The highest BCUT2D eigenvalue weighted by Gasteiger charge is 2.14. The number of nitrogens with one attached hydrogen (secondary N) is 1. The van der Waals surface area contributed by atoms with Gasteiger partial charge in [-0.25, -0.2) is 0 Å². The maximum absolute atomic E-state index is 12.4. The molecule has 3 aromatic carbocycles. The predicted molar refractivity (Wildman–Crippen MR) is 120 cm³/mol. The van der Waals surface area contributed by atoms with Gasteiger partial charge in [0, 0.05) is 13.1 Å². The summed E-state index contributed by atoms with van der Waals surface area (Å²) in [5.74, 6) is 0.550. The predicted octanol–water partition coefficient (Wildman–Crippen LogP) is 4.89. The zero-order valence-electron chi connectivity index (χ0n) is 16.4. The fourth-order valence-corrected chi connectivity index (χ4v) is 4.39. The summed E-state index contributed by atoms with van der Waals surface area (Å²) in [5, 5.41) is 5.19. The molecule has 0 saturated carbocycles. The van der Waals surface area contributed by atoms with E-state index in [1.807, 2.05) is 36.4 Å². The zero-order valence-corrected chi connectivity index (χ0v) is 18.0. The fraction of sp³-hybridized carbons (Fsp3) is 0.292. The van der Waals surface area contributed by atoms with Crippen LogP contribution in [-0.4, -0.2) is 30.5 Å². The Hall–Kier alpha value is -2.37. The molecule has 4 nitrogen and oxygen atoms in total. The van der Waals surface area contributed by atoms with Crippen molar-refractivity contribution in [3.63, 3.8) is 0 Å². The van der Waals surface area contributed by atoms with Gasteiger partial charge in [-0.2, -0.15) is 0 Å².